The molecule has 0 spiro atoms. The molecule has 0 heterocycles. The van der Waals surface area contributed by atoms with Crippen LogP contribution in [0.15, 0.2) is 12.1 Å². The van der Waals surface area contributed by atoms with E-state index in [1.807, 2.05) is 0 Å². The van der Waals surface area contributed by atoms with Crippen LogP contribution in [0, 0.1) is 11.3 Å². The molecular formula is C12H10F3NO3. The fourth-order valence-corrected chi connectivity index (χ4v) is 1.52. The summed E-state index contributed by atoms with van der Waals surface area (Å²) in [7, 11) is 1.11. The SMILES string of the molecule is CCc1cc(C(=O)OC)cc(OC(F)(F)F)c1C#N. The van der Waals surface area contributed by atoms with Gasteiger partial charge in [0.1, 0.15) is 11.8 Å². The molecule has 0 saturated heterocycles. The number of hydrogen-bond donors (Lipinski definition) is 0. The first-order valence-corrected chi connectivity index (χ1v) is 5.23. The first kappa shape index (κ1) is 14.8. The van der Waals surface area contributed by atoms with E-state index in [4.69, 9.17) is 5.26 Å². The number of nitriles is 1. The second kappa shape index (κ2) is 5.61. The standard InChI is InChI=1S/C12H10F3NO3/c1-3-7-4-8(11(17)18-2)5-10(9(7)6-16)19-12(13,14)15/h4-5H,3H2,1-2H3. The van der Waals surface area contributed by atoms with Gasteiger partial charge in [0.15, 0.2) is 0 Å². The van der Waals surface area contributed by atoms with Crippen LogP contribution in [0.25, 0.3) is 0 Å². The van der Waals surface area contributed by atoms with E-state index in [0.717, 1.165) is 13.2 Å². The number of esters is 1. The van der Waals surface area contributed by atoms with Crippen molar-refractivity contribution in [2.75, 3.05) is 7.11 Å². The van der Waals surface area contributed by atoms with Gasteiger partial charge in [-0.05, 0) is 24.1 Å². The lowest BCUT2D eigenvalue weighted by atomic mass is 10.0. The number of benzene rings is 1. The number of nitrogens with zero attached hydrogens (tertiary/aromatic N) is 1. The Balaban J connectivity index is 3.41. The molecule has 0 aliphatic rings. The third kappa shape index (κ3) is 3.61. The molecule has 19 heavy (non-hydrogen) atoms. The van der Waals surface area contributed by atoms with Crippen LogP contribution in [0.3, 0.4) is 0 Å². The minimum Gasteiger partial charge on any atom is -0.465 e. The predicted octanol–water partition coefficient (Wildman–Crippen LogP) is 2.81. The molecule has 0 saturated carbocycles. The molecule has 1 aromatic rings. The van der Waals surface area contributed by atoms with Crippen molar-refractivity contribution in [3.05, 3.63) is 28.8 Å². The van der Waals surface area contributed by atoms with E-state index in [1.165, 1.54) is 6.07 Å². The maximum atomic E-state index is 12.3. The van der Waals surface area contributed by atoms with Crippen molar-refractivity contribution in [1.29, 1.82) is 5.26 Å². The van der Waals surface area contributed by atoms with E-state index in [0.29, 0.717) is 0 Å². The second-order valence-electron chi connectivity index (χ2n) is 3.51. The van der Waals surface area contributed by atoms with Crippen molar-refractivity contribution in [1.82, 2.24) is 0 Å². The molecule has 0 bridgehead atoms. The topological polar surface area (TPSA) is 59.3 Å². The summed E-state index contributed by atoms with van der Waals surface area (Å²) in [6.07, 6.45) is -4.66. The second-order valence-corrected chi connectivity index (χ2v) is 3.51. The fraction of sp³-hybridized carbons (Fsp3) is 0.333. The van der Waals surface area contributed by atoms with Crippen molar-refractivity contribution < 1.29 is 27.4 Å². The van der Waals surface area contributed by atoms with Crippen LogP contribution in [0.2, 0.25) is 0 Å². The van der Waals surface area contributed by atoms with Gasteiger partial charge in [-0.3, -0.25) is 0 Å². The Hall–Kier alpha value is -2.23. The number of carbonyl (C=O) groups is 1. The van der Waals surface area contributed by atoms with E-state index in [-0.39, 0.29) is 23.1 Å². The summed E-state index contributed by atoms with van der Waals surface area (Å²) in [5.74, 6) is -1.50. The van der Waals surface area contributed by atoms with Gasteiger partial charge >= 0.3 is 12.3 Å². The molecule has 0 N–H and O–H groups in total. The number of carbonyl (C=O) groups excluding carboxylic acids is 1. The summed E-state index contributed by atoms with van der Waals surface area (Å²) >= 11 is 0. The lowest BCUT2D eigenvalue weighted by Gasteiger charge is -2.13. The first-order valence-electron chi connectivity index (χ1n) is 5.23. The lowest BCUT2D eigenvalue weighted by molar-refractivity contribution is -0.274. The molecule has 4 nitrogen and oxygen atoms in total. The molecule has 7 heteroatoms. The molecule has 0 atom stereocenters. The van der Waals surface area contributed by atoms with Gasteiger partial charge < -0.3 is 9.47 Å². The molecular weight excluding hydrogens is 263 g/mol. The largest absolute Gasteiger partial charge is 0.573 e. The molecule has 1 rings (SSSR count). The average Bonchev–Trinajstić information content (AvgIpc) is 2.34. The minimum absolute atomic E-state index is 0.0994. The number of rotatable bonds is 3. The molecule has 0 aromatic heterocycles. The number of alkyl halides is 3. The fourth-order valence-electron chi connectivity index (χ4n) is 1.52. The van der Waals surface area contributed by atoms with Gasteiger partial charge in [-0.15, -0.1) is 13.2 Å². The number of ether oxygens (including phenoxy) is 2. The zero-order chi connectivity index (χ0) is 14.6. The van der Waals surface area contributed by atoms with Crippen LogP contribution in [0.1, 0.15) is 28.4 Å². The van der Waals surface area contributed by atoms with Gasteiger partial charge in [0.2, 0.25) is 0 Å². The molecule has 0 aliphatic carbocycles. The normalized spacial score (nSPS) is 10.7. The molecule has 102 valence electrons. The number of methoxy groups -OCH3 is 1. The third-order valence-corrected chi connectivity index (χ3v) is 2.32. The highest BCUT2D eigenvalue weighted by molar-refractivity contribution is 5.90. The van der Waals surface area contributed by atoms with Crippen molar-refractivity contribution >= 4 is 5.97 Å². The van der Waals surface area contributed by atoms with Crippen LogP contribution in [0.4, 0.5) is 13.2 Å². The summed E-state index contributed by atoms with van der Waals surface area (Å²) in [6.45, 7) is 1.65. The van der Waals surface area contributed by atoms with Crippen LogP contribution >= 0.6 is 0 Å². The summed E-state index contributed by atoms with van der Waals surface area (Å²) in [4.78, 5) is 11.4. The monoisotopic (exact) mass is 273 g/mol. The molecule has 0 radical (unpaired) electrons. The van der Waals surface area contributed by atoms with Crippen LogP contribution < -0.4 is 4.74 Å². The van der Waals surface area contributed by atoms with Crippen molar-refractivity contribution in [3.8, 4) is 11.8 Å². The quantitative estimate of drug-likeness (QED) is 0.794. The van der Waals surface area contributed by atoms with E-state index >= 15 is 0 Å². The number of hydrogen-bond acceptors (Lipinski definition) is 4. The minimum atomic E-state index is -4.94. The van der Waals surface area contributed by atoms with E-state index < -0.39 is 18.1 Å². The van der Waals surface area contributed by atoms with E-state index in [1.54, 1.807) is 13.0 Å². The molecule has 1 aromatic carbocycles. The first-order chi connectivity index (χ1) is 8.82. The number of halogens is 3. The highest BCUT2D eigenvalue weighted by Gasteiger charge is 2.33. The van der Waals surface area contributed by atoms with Gasteiger partial charge in [-0.2, -0.15) is 5.26 Å². The lowest BCUT2D eigenvalue weighted by Crippen LogP contribution is -2.19. The zero-order valence-corrected chi connectivity index (χ0v) is 10.2. The highest BCUT2D eigenvalue weighted by Crippen LogP contribution is 2.30. The van der Waals surface area contributed by atoms with Gasteiger partial charge in [-0.1, -0.05) is 6.92 Å². The van der Waals surface area contributed by atoms with Crippen LogP contribution in [-0.2, 0) is 11.2 Å². The maximum absolute atomic E-state index is 12.3. The Morgan fingerprint density at radius 3 is 2.47 bits per heavy atom. The summed E-state index contributed by atoms with van der Waals surface area (Å²) in [5, 5.41) is 8.90. The molecule has 0 unspecified atom stereocenters. The Kier molecular flexibility index (Phi) is 4.38. The van der Waals surface area contributed by atoms with Gasteiger partial charge in [0, 0.05) is 0 Å². The smallest absolute Gasteiger partial charge is 0.465 e. The van der Waals surface area contributed by atoms with Gasteiger partial charge in [-0.25, -0.2) is 4.79 Å². The molecule has 0 fully saturated rings. The molecule has 0 amide bonds. The summed E-state index contributed by atoms with van der Waals surface area (Å²) in [5.41, 5.74) is -0.0604. The van der Waals surface area contributed by atoms with Crippen molar-refractivity contribution in [2.45, 2.75) is 19.7 Å². The van der Waals surface area contributed by atoms with Gasteiger partial charge in [0.05, 0.1) is 18.2 Å². The zero-order valence-electron chi connectivity index (χ0n) is 10.2. The average molecular weight is 273 g/mol. The van der Waals surface area contributed by atoms with Crippen LogP contribution in [0.5, 0.6) is 5.75 Å². The van der Waals surface area contributed by atoms with Gasteiger partial charge in [0.25, 0.3) is 0 Å². The third-order valence-electron chi connectivity index (χ3n) is 2.32. The highest BCUT2D eigenvalue weighted by atomic mass is 19.4. The molecule has 0 aliphatic heterocycles. The van der Waals surface area contributed by atoms with Crippen LogP contribution in [-0.4, -0.2) is 19.4 Å². The van der Waals surface area contributed by atoms with Crippen molar-refractivity contribution in [2.24, 2.45) is 0 Å². The Morgan fingerprint density at radius 2 is 2.05 bits per heavy atom. The summed E-state index contributed by atoms with van der Waals surface area (Å²) < 4.78 is 45.0. The Bertz CT molecular complexity index is 532. The van der Waals surface area contributed by atoms with Crippen molar-refractivity contribution in [3.63, 3.8) is 0 Å². The van der Waals surface area contributed by atoms with E-state index in [2.05, 4.69) is 9.47 Å². The maximum Gasteiger partial charge on any atom is 0.573 e. The number of aryl methyl sites for hydroxylation is 1. The van der Waals surface area contributed by atoms with E-state index in [9.17, 15) is 18.0 Å². The summed E-state index contributed by atoms with van der Waals surface area (Å²) in [6, 6.07) is 3.80. The Morgan fingerprint density at radius 1 is 1.42 bits per heavy atom. The Labute approximate surface area is 107 Å². The predicted molar refractivity (Wildman–Crippen MR) is 58.6 cm³/mol.